The van der Waals surface area contributed by atoms with Crippen LogP contribution in [0.15, 0.2) is 48.5 Å². The van der Waals surface area contributed by atoms with Gasteiger partial charge in [0.05, 0.1) is 21.7 Å². The Morgan fingerprint density at radius 2 is 1.81 bits per heavy atom. The van der Waals surface area contributed by atoms with Gasteiger partial charge < -0.3 is 4.90 Å². The molecule has 0 bridgehead atoms. The largest absolute Gasteiger partial charge is 0.332 e. The Balaban J connectivity index is 1.92. The summed E-state index contributed by atoms with van der Waals surface area (Å²) in [5, 5.41) is 0.751. The molecule has 1 aliphatic heterocycles. The maximum Gasteiger partial charge on any atom is 0.255 e. The molecular weight excluding hydrogens is 305 g/mol. The predicted molar refractivity (Wildman–Crippen MR) is 85.9 cm³/mol. The number of carbonyl (C=O) groups is 1. The molecule has 1 atom stereocenters. The average Bonchev–Trinajstić information content (AvgIpc) is 3.00. The van der Waals surface area contributed by atoms with E-state index in [0.29, 0.717) is 15.6 Å². The van der Waals surface area contributed by atoms with E-state index >= 15 is 0 Å². The molecule has 2 nitrogen and oxygen atoms in total. The summed E-state index contributed by atoms with van der Waals surface area (Å²) in [6.45, 7) is 0.751. The van der Waals surface area contributed by atoms with Crippen LogP contribution >= 0.6 is 23.2 Å². The molecule has 108 valence electrons. The second kappa shape index (κ2) is 6.08. The fraction of sp³-hybridized carbons (Fsp3) is 0.235. The number of likely N-dealkylation sites (tertiary alicyclic amines) is 1. The highest BCUT2D eigenvalue weighted by Crippen LogP contribution is 2.35. The van der Waals surface area contributed by atoms with E-state index in [0.717, 1.165) is 19.4 Å². The zero-order valence-corrected chi connectivity index (χ0v) is 12.9. The van der Waals surface area contributed by atoms with E-state index in [4.69, 9.17) is 23.2 Å². The van der Waals surface area contributed by atoms with Gasteiger partial charge >= 0.3 is 0 Å². The van der Waals surface area contributed by atoms with Crippen molar-refractivity contribution < 1.29 is 4.79 Å². The van der Waals surface area contributed by atoms with E-state index in [1.165, 1.54) is 5.56 Å². The summed E-state index contributed by atoms with van der Waals surface area (Å²) in [7, 11) is 0. The van der Waals surface area contributed by atoms with Crippen molar-refractivity contribution in [1.82, 2.24) is 4.90 Å². The number of carbonyl (C=O) groups excluding carboxylic acids is 1. The number of nitrogens with zero attached hydrogens (tertiary/aromatic N) is 1. The van der Waals surface area contributed by atoms with Crippen LogP contribution in [0.2, 0.25) is 10.0 Å². The highest BCUT2D eigenvalue weighted by atomic mass is 35.5. The molecule has 1 fully saturated rings. The van der Waals surface area contributed by atoms with Gasteiger partial charge in [-0.2, -0.15) is 0 Å². The Morgan fingerprint density at radius 1 is 1.05 bits per heavy atom. The standard InChI is InChI=1S/C17H15Cl2NO/c18-14-9-4-8-13(16(14)19)17(21)20-11-5-10-15(20)12-6-2-1-3-7-12/h1-4,6-9,15H,5,10-11H2/t15-/m1/s1. The highest BCUT2D eigenvalue weighted by molar-refractivity contribution is 6.43. The molecule has 0 aromatic heterocycles. The number of amides is 1. The predicted octanol–water partition coefficient (Wildman–Crippen LogP) is 4.97. The molecule has 1 heterocycles. The van der Waals surface area contributed by atoms with Crippen molar-refractivity contribution in [1.29, 1.82) is 0 Å². The van der Waals surface area contributed by atoms with Crippen molar-refractivity contribution in [3.8, 4) is 0 Å². The molecule has 21 heavy (non-hydrogen) atoms. The van der Waals surface area contributed by atoms with Crippen LogP contribution in [0.3, 0.4) is 0 Å². The molecule has 1 aliphatic rings. The Bertz CT molecular complexity index is 657. The summed E-state index contributed by atoms with van der Waals surface area (Å²) in [6, 6.07) is 15.4. The van der Waals surface area contributed by atoms with E-state index in [9.17, 15) is 4.79 Å². The molecule has 0 N–H and O–H groups in total. The minimum Gasteiger partial charge on any atom is -0.332 e. The molecule has 0 spiro atoms. The van der Waals surface area contributed by atoms with Crippen LogP contribution < -0.4 is 0 Å². The average molecular weight is 320 g/mol. The van der Waals surface area contributed by atoms with Crippen LogP contribution in [0, 0.1) is 0 Å². The monoisotopic (exact) mass is 319 g/mol. The molecule has 3 rings (SSSR count). The maximum atomic E-state index is 12.8. The minimum atomic E-state index is -0.0474. The molecule has 1 saturated heterocycles. The van der Waals surface area contributed by atoms with Crippen LogP contribution in [0.1, 0.15) is 34.8 Å². The zero-order valence-electron chi connectivity index (χ0n) is 11.4. The number of rotatable bonds is 2. The first-order valence-corrected chi connectivity index (χ1v) is 7.74. The summed E-state index contributed by atoms with van der Waals surface area (Å²) >= 11 is 12.2. The molecule has 0 saturated carbocycles. The number of hydrogen-bond acceptors (Lipinski definition) is 1. The Kier molecular flexibility index (Phi) is 4.18. The second-order valence-electron chi connectivity index (χ2n) is 5.17. The fourth-order valence-electron chi connectivity index (χ4n) is 2.86. The van der Waals surface area contributed by atoms with E-state index in [-0.39, 0.29) is 11.9 Å². The first-order valence-electron chi connectivity index (χ1n) is 6.98. The quantitative estimate of drug-likeness (QED) is 0.765. The van der Waals surface area contributed by atoms with Gasteiger partial charge in [-0.05, 0) is 30.5 Å². The zero-order chi connectivity index (χ0) is 14.8. The normalized spacial score (nSPS) is 18.0. The third-order valence-corrected chi connectivity index (χ3v) is 4.70. The van der Waals surface area contributed by atoms with Crippen molar-refractivity contribution in [2.24, 2.45) is 0 Å². The smallest absolute Gasteiger partial charge is 0.255 e. The second-order valence-corrected chi connectivity index (χ2v) is 5.95. The minimum absolute atomic E-state index is 0.0474. The fourth-order valence-corrected chi connectivity index (χ4v) is 3.24. The van der Waals surface area contributed by atoms with E-state index in [2.05, 4.69) is 12.1 Å². The SMILES string of the molecule is O=C(c1cccc(Cl)c1Cl)N1CCC[C@@H]1c1ccccc1. The van der Waals surface area contributed by atoms with Gasteiger partial charge in [0, 0.05) is 6.54 Å². The van der Waals surface area contributed by atoms with E-state index < -0.39 is 0 Å². The van der Waals surface area contributed by atoms with Gasteiger partial charge in [0.1, 0.15) is 0 Å². The van der Waals surface area contributed by atoms with Gasteiger partial charge in [0.2, 0.25) is 0 Å². The van der Waals surface area contributed by atoms with Crippen molar-refractivity contribution >= 4 is 29.1 Å². The first kappa shape index (κ1) is 14.4. The molecule has 2 aromatic carbocycles. The summed E-state index contributed by atoms with van der Waals surface area (Å²) in [4.78, 5) is 14.7. The lowest BCUT2D eigenvalue weighted by Crippen LogP contribution is -2.30. The van der Waals surface area contributed by atoms with Crippen molar-refractivity contribution in [3.63, 3.8) is 0 Å². The topological polar surface area (TPSA) is 20.3 Å². The Morgan fingerprint density at radius 3 is 2.57 bits per heavy atom. The lowest BCUT2D eigenvalue weighted by atomic mass is 10.0. The number of halogens is 2. The van der Waals surface area contributed by atoms with Crippen molar-refractivity contribution in [2.45, 2.75) is 18.9 Å². The summed E-state index contributed by atoms with van der Waals surface area (Å²) in [5.41, 5.74) is 1.65. The third-order valence-electron chi connectivity index (χ3n) is 3.88. The number of hydrogen-bond donors (Lipinski definition) is 0. The van der Waals surface area contributed by atoms with Crippen molar-refractivity contribution in [2.75, 3.05) is 6.54 Å². The van der Waals surface area contributed by atoms with Crippen molar-refractivity contribution in [3.05, 3.63) is 69.7 Å². The van der Waals surface area contributed by atoms with Crippen LogP contribution in [0.4, 0.5) is 0 Å². The summed E-state index contributed by atoms with van der Waals surface area (Å²) in [6.07, 6.45) is 1.98. The van der Waals surface area contributed by atoms with Gasteiger partial charge in [-0.25, -0.2) is 0 Å². The van der Waals surface area contributed by atoms with Crippen LogP contribution in [0.5, 0.6) is 0 Å². The summed E-state index contributed by atoms with van der Waals surface area (Å²) in [5.74, 6) is -0.0474. The van der Waals surface area contributed by atoms with Crippen LogP contribution in [-0.2, 0) is 0 Å². The van der Waals surface area contributed by atoms with Gasteiger partial charge in [0.15, 0.2) is 0 Å². The molecule has 0 unspecified atom stereocenters. The molecule has 0 aliphatic carbocycles. The molecule has 4 heteroatoms. The molecule has 1 amide bonds. The lowest BCUT2D eigenvalue weighted by molar-refractivity contribution is 0.0736. The van der Waals surface area contributed by atoms with Gasteiger partial charge in [-0.3, -0.25) is 4.79 Å². The molecular formula is C17H15Cl2NO. The van der Waals surface area contributed by atoms with E-state index in [1.54, 1.807) is 18.2 Å². The Hall–Kier alpha value is -1.51. The Labute approximate surface area is 134 Å². The lowest BCUT2D eigenvalue weighted by Gasteiger charge is -2.25. The van der Waals surface area contributed by atoms with Gasteiger partial charge in [-0.1, -0.05) is 59.6 Å². The van der Waals surface area contributed by atoms with Gasteiger partial charge in [-0.15, -0.1) is 0 Å². The molecule has 2 aromatic rings. The third kappa shape index (κ3) is 2.78. The van der Waals surface area contributed by atoms with Crippen LogP contribution in [0.25, 0.3) is 0 Å². The van der Waals surface area contributed by atoms with Crippen LogP contribution in [-0.4, -0.2) is 17.4 Å². The number of benzene rings is 2. The summed E-state index contributed by atoms with van der Waals surface area (Å²) < 4.78 is 0. The first-order chi connectivity index (χ1) is 10.2. The van der Waals surface area contributed by atoms with E-state index in [1.807, 2.05) is 23.1 Å². The van der Waals surface area contributed by atoms with Gasteiger partial charge in [0.25, 0.3) is 5.91 Å². The molecule has 0 radical (unpaired) electrons. The maximum absolute atomic E-state index is 12.8. The highest BCUT2D eigenvalue weighted by Gasteiger charge is 2.31.